The van der Waals surface area contributed by atoms with E-state index in [1.165, 1.54) is 0 Å². The minimum absolute atomic E-state index is 0.00534. The van der Waals surface area contributed by atoms with E-state index < -0.39 is 30.3 Å². The lowest BCUT2D eigenvalue weighted by Crippen LogP contribution is -2.40. The third-order valence-corrected chi connectivity index (χ3v) is 10.4. The summed E-state index contributed by atoms with van der Waals surface area (Å²) in [6, 6.07) is 9.32. The lowest BCUT2D eigenvalue weighted by Gasteiger charge is -2.32. The quantitative estimate of drug-likeness (QED) is 0.113. The van der Waals surface area contributed by atoms with Gasteiger partial charge in [-0.3, -0.25) is 0 Å². The largest absolute Gasteiger partial charge is 0.504 e. The van der Waals surface area contributed by atoms with Crippen molar-refractivity contribution in [2.45, 2.75) is 95.2 Å². The number of allylic oxidation sites excluding steroid dienone is 4. The van der Waals surface area contributed by atoms with Crippen molar-refractivity contribution in [2.24, 2.45) is 29.4 Å². The number of hydrogen-bond acceptors (Lipinski definition) is 9. The minimum atomic E-state index is -0.816. The van der Waals surface area contributed by atoms with Crippen molar-refractivity contribution >= 4 is 0 Å². The van der Waals surface area contributed by atoms with Gasteiger partial charge in [0.1, 0.15) is 6.10 Å². The monoisotopic (exact) mass is 688 g/mol. The maximum absolute atomic E-state index is 11.6. The van der Waals surface area contributed by atoms with Gasteiger partial charge in [-0.25, -0.2) is 0 Å². The summed E-state index contributed by atoms with van der Waals surface area (Å²) in [5.74, 6) is 6.91. The zero-order valence-corrected chi connectivity index (χ0v) is 29.3. The lowest BCUT2D eigenvalue weighted by molar-refractivity contribution is -0.00825. The molecule has 2 aromatic rings. The van der Waals surface area contributed by atoms with Crippen molar-refractivity contribution in [3.8, 4) is 23.3 Å². The number of benzene rings is 1. The van der Waals surface area contributed by atoms with Crippen molar-refractivity contribution in [1.29, 1.82) is 0 Å². The number of nitrogens with two attached hydrogens (primary N) is 1. The molecule has 0 saturated carbocycles. The molecule has 5 rings (SSSR count). The first-order valence-electron chi connectivity index (χ1n) is 18.2. The highest BCUT2D eigenvalue weighted by Crippen LogP contribution is 2.39. The molecule has 10 atom stereocenters. The summed E-state index contributed by atoms with van der Waals surface area (Å²) >= 11 is 0. The fourth-order valence-electron chi connectivity index (χ4n) is 7.57. The molecule has 10 N–H and O–H groups in total. The van der Waals surface area contributed by atoms with Crippen LogP contribution in [-0.2, 0) is 6.42 Å². The number of phenols is 1. The van der Waals surface area contributed by atoms with Gasteiger partial charge in [0.25, 0.3) is 0 Å². The summed E-state index contributed by atoms with van der Waals surface area (Å²) in [7, 11) is 0. The average molecular weight is 689 g/mol. The number of ether oxygens (including phenoxy) is 1. The Bertz CT molecular complexity index is 1530. The van der Waals surface area contributed by atoms with E-state index in [9.17, 15) is 25.5 Å². The van der Waals surface area contributed by atoms with E-state index in [2.05, 4.69) is 46.5 Å². The van der Waals surface area contributed by atoms with E-state index in [0.29, 0.717) is 44.6 Å². The molecule has 10 heteroatoms. The van der Waals surface area contributed by atoms with E-state index in [1.54, 1.807) is 19.1 Å². The second-order valence-corrected chi connectivity index (χ2v) is 14.3. The molecule has 0 spiro atoms. The molecule has 0 saturated heterocycles. The standard InChI is InChI=1S/C40H56N4O6/c1-3-26-6-7-27-8-9-28(20-37(49)40(27)36(48)13-11-33(17-26)44-23-25(2)46)29-10-12-35(47)38(21-29)50-34(24-45)19-31(18-32-5-4-15-42-32)30-14-16-43-39(41)22-30/h4-5,8-10,12,14-15,21-22,25-28,31,33-34,36-37,40,42-49H,3,11,13,16-20,23-24,41H2,1-2H3. The van der Waals surface area contributed by atoms with Crippen molar-refractivity contribution in [3.05, 3.63) is 83.5 Å². The van der Waals surface area contributed by atoms with Crippen molar-refractivity contribution in [1.82, 2.24) is 15.6 Å². The molecular weight excluding hydrogens is 632 g/mol. The zero-order chi connectivity index (χ0) is 35.6. The second kappa shape index (κ2) is 18.0. The second-order valence-electron chi connectivity index (χ2n) is 14.3. The molecule has 3 aliphatic rings. The third kappa shape index (κ3) is 10.2. The van der Waals surface area contributed by atoms with Gasteiger partial charge in [0.05, 0.1) is 30.7 Å². The summed E-state index contributed by atoms with van der Waals surface area (Å²) in [6.45, 7) is 4.75. The van der Waals surface area contributed by atoms with Crippen LogP contribution in [0.2, 0.25) is 0 Å². The first kappa shape index (κ1) is 37.5. The molecule has 10 nitrogen and oxygen atoms in total. The summed E-state index contributed by atoms with van der Waals surface area (Å²) in [5, 5.41) is 60.8. The number of aliphatic hydroxyl groups is 4. The van der Waals surface area contributed by atoms with Gasteiger partial charge in [0.2, 0.25) is 0 Å². The van der Waals surface area contributed by atoms with Crippen LogP contribution in [0.15, 0.2) is 72.2 Å². The molecule has 2 heterocycles. The number of nitrogens with one attached hydrogen (secondary N) is 3. The Morgan fingerprint density at radius 1 is 1.10 bits per heavy atom. The highest BCUT2D eigenvalue weighted by atomic mass is 16.5. The number of phenolic OH excluding ortho intramolecular Hbond substituents is 1. The molecule has 0 radical (unpaired) electrons. The zero-order valence-electron chi connectivity index (χ0n) is 29.3. The number of aromatic hydroxyl groups is 1. The summed E-state index contributed by atoms with van der Waals surface area (Å²) in [4.78, 5) is 3.27. The number of aromatic nitrogens is 1. The van der Waals surface area contributed by atoms with Crippen LogP contribution in [0.5, 0.6) is 11.5 Å². The van der Waals surface area contributed by atoms with E-state index in [0.717, 1.165) is 36.1 Å². The van der Waals surface area contributed by atoms with Crippen LogP contribution in [0.4, 0.5) is 0 Å². The molecule has 0 amide bonds. The Hall–Kier alpha value is -3.72. The lowest BCUT2D eigenvalue weighted by atomic mass is 9.78. The molecule has 0 fully saturated rings. The van der Waals surface area contributed by atoms with Crippen LogP contribution in [0, 0.1) is 35.5 Å². The van der Waals surface area contributed by atoms with Gasteiger partial charge in [0, 0.05) is 54.7 Å². The molecule has 1 aliphatic heterocycles. The Kier molecular flexibility index (Phi) is 13.5. The van der Waals surface area contributed by atoms with Crippen LogP contribution in [0.3, 0.4) is 0 Å². The summed E-state index contributed by atoms with van der Waals surface area (Å²) in [6.07, 6.45) is 11.9. The van der Waals surface area contributed by atoms with Crippen molar-refractivity contribution < 1.29 is 30.3 Å². The van der Waals surface area contributed by atoms with Gasteiger partial charge in [-0.2, -0.15) is 0 Å². The first-order valence-corrected chi connectivity index (χ1v) is 18.2. The van der Waals surface area contributed by atoms with Gasteiger partial charge in [-0.05, 0) is 99.3 Å². The Morgan fingerprint density at radius 2 is 1.94 bits per heavy atom. The normalized spacial score (nSPS) is 28.7. The molecule has 272 valence electrons. The molecule has 10 unspecified atom stereocenters. The maximum atomic E-state index is 11.6. The maximum Gasteiger partial charge on any atom is 0.161 e. The molecule has 50 heavy (non-hydrogen) atoms. The van der Waals surface area contributed by atoms with Crippen LogP contribution in [0.25, 0.3) is 0 Å². The number of aliphatic hydroxyl groups excluding tert-OH is 4. The third-order valence-electron chi connectivity index (χ3n) is 10.4. The number of aromatic amines is 1. The number of fused-ring (bicyclic) bond motifs is 1. The van der Waals surface area contributed by atoms with Gasteiger partial charge in [-0.1, -0.05) is 43.1 Å². The van der Waals surface area contributed by atoms with Crippen LogP contribution in [0.1, 0.15) is 69.5 Å². The Morgan fingerprint density at radius 3 is 2.66 bits per heavy atom. The van der Waals surface area contributed by atoms with Gasteiger partial charge in [-0.15, -0.1) is 0 Å². The predicted octanol–water partition coefficient (Wildman–Crippen LogP) is 3.59. The highest BCUT2D eigenvalue weighted by molar-refractivity contribution is 5.44. The van der Waals surface area contributed by atoms with Crippen LogP contribution < -0.4 is 21.1 Å². The minimum Gasteiger partial charge on any atom is -0.504 e. The topological polar surface area (TPSA) is 176 Å². The van der Waals surface area contributed by atoms with E-state index >= 15 is 0 Å². The van der Waals surface area contributed by atoms with Gasteiger partial charge in [0.15, 0.2) is 11.5 Å². The SMILES string of the molecule is CCC1C#CC2C=CC(c3ccc(O)c(OC(CO)CC(Cc4ccc[nH]4)C4=CCNC(N)=C4)c3)CC(O)C2C(O)CCC(NCC(C)O)C1. The van der Waals surface area contributed by atoms with E-state index in [-0.39, 0.29) is 47.8 Å². The van der Waals surface area contributed by atoms with Crippen molar-refractivity contribution in [2.75, 3.05) is 19.7 Å². The fourth-order valence-corrected chi connectivity index (χ4v) is 7.57. The Balaban J connectivity index is 1.33. The molecule has 2 aliphatic carbocycles. The van der Waals surface area contributed by atoms with E-state index in [1.807, 2.05) is 36.5 Å². The Labute approximate surface area is 296 Å². The summed E-state index contributed by atoms with van der Waals surface area (Å²) < 4.78 is 6.32. The number of dihydropyridines is 1. The van der Waals surface area contributed by atoms with Crippen LogP contribution >= 0.6 is 0 Å². The van der Waals surface area contributed by atoms with Gasteiger partial charge < -0.3 is 51.6 Å². The molecular formula is C40H56N4O6. The van der Waals surface area contributed by atoms with Crippen LogP contribution in [-0.4, -0.2) is 80.7 Å². The predicted molar refractivity (Wildman–Crippen MR) is 195 cm³/mol. The average Bonchev–Trinajstić information content (AvgIpc) is 3.55. The van der Waals surface area contributed by atoms with Crippen molar-refractivity contribution in [3.63, 3.8) is 0 Å². The highest BCUT2D eigenvalue weighted by Gasteiger charge is 2.37. The van der Waals surface area contributed by atoms with Gasteiger partial charge >= 0.3 is 0 Å². The molecule has 1 aromatic heterocycles. The van der Waals surface area contributed by atoms with E-state index in [4.69, 9.17) is 10.5 Å². The number of rotatable bonds is 13. The first-order chi connectivity index (χ1) is 24.1. The number of hydrogen-bond donors (Lipinski definition) is 9. The molecule has 0 bridgehead atoms. The summed E-state index contributed by atoms with van der Waals surface area (Å²) in [5.41, 5.74) is 9.08. The smallest absolute Gasteiger partial charge is 0.161 e. The fraction of sp³-hybridized carbons (Fsp3) is 0.550. The number of H-pyrrole nitrogens is 1. The molecule has 1 aromatic carbocycles.